The first-order valence-corrected chi connectivity index (χ1v) is 5.54. The van der Waals surface area contributed by atoms with Crippen molar-refractivity contribution >= 4 is 23.6 Å². The number of rotatable bonds is 5. The van der Waals surface area contributed by atoms with Crippen LogP contribution in [0.2, 0.25) is 0 Å². The lowest BCUT2D eigenvalue weighted by Crippen LogP contribution is -2.17. The summed E-state index contributed by atoms with van der Waals surface area (Å²) in [5.41, 5.74) is -0.621. The number of carbonyl (C=O) groups is 1. The van der Waals surface area contributed by atoms with Crippen molar-refractivity contribution < 1.29 is 18.8 Å². The Bertz CT molecular complexity index is 595. The van der Waals surface area contributed by atoms with Crippen molar-refractivity contribution in [2.24, 2.45) is 10.9 Å². The predicted octanol–water partition coefficient (Wildman–Crippen LogP) is 2.14. The lowest BCUT2D eigenvalue weighted by molar-refractivity contribution is -0.385. The highest BCUT2D eigenvalue weighted by atomic mass is 19.1. The number of nitrogens with zero attached hydrogens (tertiary/aromatic N) is 3. The van der Waals surface area contributed by atoms with Crippen LogP contribution in [0.1, 0.15) is 6.92 Å². The summed E-state index contributed by atoms with van der Waals surface area (Å²) in [6, 6.07) is 4.52. The third-order valence-electron chi connectivity index (χ3n) is 2.18. The molecule has 0 saturated heterocycles. The molecule has 104 valence electrons. The fraction of sp³-hybridized carbons (Fsp3) is 0.250. The molecule has 0 N–H and O–H groups in total. The van der Waals surface area contributed by atoms with Gasteiger partial charge in [-0.05, 0) is 13.0 Å². The molecule has 1 aromatic carbocycles. The highest BCUT2D eigenvalue weighted by Gasteiger charge is 2.17. The van der Waals surface area contributed by atoms with Gasteiger partial charge in [-0.3, -0.25) is 19.9 Å². The van der Waals surface area contributed by atoms with Gasteiger partial charge in [-0.1, -0.05) is 0 Å². The molecule has 0 aliphatic heterocycles. The van der Waals surface area contributed by atoms with Crippen LogP contribution in [0.4, 0.5) is 15.8 Å². The van der Waals surface area contributed by atoms with Crippen molar-refractivity contribution in [2.75, 3.05) is 6.61 Å². The minimum Gasteiger partial charge on any atom is -0.465 e. The molecular formula is C12H10FN3O4. The summed E-state index contributed by atoms with van der Waals surface area (Å²) in [5.74, 6) is -2.97. The van der Waals surface area contributed by atoms with Gasteiger partial charge in [0.1, 0.15) is 0 Å². The Hall–Kier alpha value is -2.82. The van der Waals surface area contributed by atoms with Gasteiger partial charge in [0.25, 0.3) is 5.69 Å². The lowest BCUT2D eigenvalue weighted by atomic mass is 10.2. The molecule has 0 aliphatic rings. The maximum atomic E-state index is 13.5. The van der Waals surface area contributed by atoms with Crippen LogP contribution in [0.25, 0.3) is 0 Å². The minimum atomic E-state index is -1.26. The normalized spacial score (nSPS) is 11.8. The van der Waals surface area contributed by atoms with Gasteiger partial charge in [-0.2, -0.15) is 5.26 Å². The van der Waals surface area contributed by atoms with Crippen molar-refractivity contribution in [3.63, 3.8) is 0 Å². The number of aliphatic imine (C=N–C) groups is 1. The molecule has 0 amide bonds. The van der Waals surface area contributed by atoms with Crippen LogP contribution < -0.4 is 0 Å². The number of benzene rings is 1. The SMILES string of the molecule is CCOC(=O)C(C#N)C=Nc1ccc([N+](=O)[O-])cc1F. The number of esters is 1. The number of hydrogen-bond acceptors (Lipinski definition) is 6. The second kappa shape index (κ2) is 6.94. The first-order chi connectivity index (χ1) is 9.49. The average molecular weight is 279 g/mol. The quantitative estimate of drug-likeness (QED) is 0.355. The van der Waals surface area contributed by atoms with E-state index in [4.69, 9.17) is 5.26 Å². The summed E-state index contributed by atoms with van der Waals surface area (Å²) in [6.45, 7) is 1.69. The number of hydrogen-bond donors (Lipinski definition) is 0. The average Bonchev–Trinajstić information content (AvgIpc) is 2.41. The van der Waals surface area contributed by atoms with E-state index in [-0.39, 0.29) is 12.3 Å². The third-order valence-corrected chi connectivity index (χ3v) is 2.18. The number of nitriles is 1. The molecule has 0 fully saturated rings. The number of nitro groups is 1. The zero-order chi connectivity index (χ0) is 15.1. The second-order valence-corrected chi connectivity index (χ2v) is 3.53. The Morgan fingerprint density at radius 2 is 2.40 bits per heavy atom. The third kappa shape index (κ3) is 3.84. The lowest BCUT2D eigenvalue weighted by Gasteiger charge is -2.02. The van der Waals surface area contributed by atoms with E-state index < -0.39 is 28.3 Å². The number of carbonyl (C=O) groups excluding carboxylic acids is 1. The van der Waals surface area contributed by atoms with Crippen molar-refractivity contribution in [2.45, 2.75) is 6.92 Å². The molecule has 0 heterocycles. The van der Waals surface area contributed by atoms with E-state index in [0.29, 0.717) is 6.07 Å². The molecule has 20 heavy (non-hydrogen) atoms. The summed E-state index contributed by atoms with van der Waals surface area (Å²) in [6.07, 6.45) is 0.933. The van der Waals surface area contributed by atoms with Gasteiger partial charge in [0, 0.05) is 12.3 Å². The summed E-state index contributed by atoms with van der Waals surface area (Å²) >= 11 is 0. The van der Waals surface area contributed by atoms with E-state index in [2.05, 4.69) is 9.73 Å². The Labute approximate surface area is 113 Å². The largest absolute Gasteiger partial charge is 0.465 e. The Balaban J connectivity index is 2.92. The van der Waals surface area contributed by atoms with Gasteiger partial charge in [0.15, 0.2) is 11.7 Å². The summed E-state index contributed by atoms with van der Waals surface area (Å²) in [7, 11) is 0. The standard InChI is InChI=1S/C12H10FN3O4/c1-2-20-12(17)8(6-14)7-15-11-4-3-9(16(18)19)5-10(11)13/h3-5,7-8H,2H2,1H3. The highest BCUT2D eigenvalue weighted by Crippen LogP contribution is 2.22. The van der Waals surface area contributed by atoms with Crippen LogP contribution in [0.5, 0.6) is 0 Å². The summed E-state index contributed by atoms with van der Waals surface area (Å²) < 4.78 is 18.1. The van der Waals surface area contributed by atoms with Crippen molar-refractivity contribution in [1.29, 1.82) is 5.26 Å². The van der Waals surface area contributed by atoms with Gasteiger partial charge < -0.3 is 4.74 Å². The Kier molecular flexibility index (Phi) is 5.29. The minimum absolute atomic E-state index is 0.108. The van der Waals surface area contributed by atoms with Crippen LogP contribution >= 0.6 is 0 Å². The monoisotopic (exact) mass is 279 g/mol. The van der Waals surface area contributed by atoms with Gasteiger partial charge in [0.2, 0.25) is 0 Å². The van der Waals surface area contributed by atoms with Gasteiger partial charge in [-0.15, -0.1) is 0 Å². The zero-order valence-corrected chi connectivity index (χ0v) is 10.4. The zero-order valence-electron chi connectivity index (χ0n) is 10.4. The van der Waals surface area contributed by atoms with Crippen LogP contribution in [0.3, 0.4) is 0 Å². The van der Waals surface area contributed by atoms with Gasteiger partial charge >= 0.3 is 5.97 Å². The van der Waals surface area contributed by atoms with Gasteiger partial charge in [0.05, 0.1) is 29.4 Å². The first kappa shape index (κ1) is 15.2. The van der Waals surface area contributed by atoms with Crippen molar-refractivity contribution in [3.8, 4) is 6.07 Å². The topological polar surface area (TPSA) is 106 Å². The highest BCUT2D eigenvalue weighted by molar-refractivity contribution is 5.93. The maximum absolute atomic E-state index is 13.5. The fourth-order valence-corrected chi connectivity index (χ4v) is 1.25. The molecule has 7 nitrogen and oxygen atoms in total. The van der Waals surface area contributed by atoms with E-state index in [0.717, 1.165) is 18.3 Å². The van der Waals surface area contributed by atoms with E-state index in [9.17, 15) is 19.3 Å². The van der Waals surface area contributed by atoms with E-state index in [1.165, 1.54) is 0 Å². The molecule has 0 saturated carbocycles. The Morgan fingerprint density at radius 1 is 1.70 bits per heavy atom. The van der Waals surface area contributed by atoms with Crippen LogP contribution in [-0.4, -0.2) is 23.7 Å². The van der Waals surface area contributed by atoms with Crippen molar-refractivity contribution in [3.05, 3.63) is 34.1 Å². The predicted molar refractivity (Wildman–Crippen MR) is 66.9 cm³/mol. The van der Waals surface area contributed by atoms with Crippen molar-refractivity contribution in [1.82, 2.24) is 0 Å². The Morgan fingerprint density at radius 3 is 2.90 bits per heavy atom. The summed E-state index contributed by atoms with van der Waals surface area (Å²) in [4.78, 5) is 24.6. The molecule has 1 atom stereocenters. The number of halogens is 1. The van der Waals surface area contributed by atoms with E-state index >= 15 is 0 Å². The van der Waals surface area contributed by atoms with E-state index in [1.54, 1.807) is 13.0 Å². The molecule has 0 radical (unpaired) electrons. The molecule has 1 unspecified atom stereocenters. The molecule has 0 bridgehead atoms. The fourth-order valence-electron chi connectivity index (χ4n) is 1.25. The molecule has 1 rings (SSSR count). The van der Waals surface area contributed by atoms with E-state index in [1.807, 2.05) is 0 Å². The molecule has 0 aliphatic carbocycles. The first-order valence-electron chi connectivity index (χ1n) is 5.54. The molecule has 1 aromatic rings. The number of nitro benzene ring substituents is 1. The van der Waals surface area contributed by atoms with Crippen LogP contribution in [0, 0.1) is 33.2 Å². The smallest absolute Gasteiger partial charge is 0.328 e. The number of ether oxygens (including phenoxy) is 1. The molecule has 8 heteroatoms. The van der Waals surface area contributed by atoms with Gasteiger partial charge in [-0.25, -0.2) is 4.39 Å². The van der Waals surface area contributed by atoms with Crippen LogP contribution in [-0.2, 0) is 9.53 Å². The number of non-ortho nitro benzene ring substituents is 1. The molecule has 0 spiro atoms. The second-order valence-electron chi connectivity index (χ2n) is 3.53. The maximum Gasteiger partial charge on any atom is 0.328 e. The molecular weight excluding hydrogens is 269 g/mol. The van der Waals surface area contributed by atoms with Crippen LogP contribution in [0.15, 0.2) is 23.2 Å². The summed E-state index contributed by atoms with van der Waals surface area (Å²) in [5, 5.41) is 19.2. The molecule has 0 aromatic heterocycles.